The third kappa shape index (κ3) is 5.45. The average Bonchev–Trinajstić information content (AvgIpc) is 3.48. The van der Waals surface area contributed by atoms with Gasteiger partial charge < -0.3 is 23.9 Å². The quantitative estimate of drug-likeness (QED) is 0.441. The Labute approximate surface area is 215 Å². The van der Waals surface area contributed by atoms with Crippen molar-refractivity contribution < 1.29 is 28.6 Å². The first kappa shape index (κ1) is 24.8. The summed E-state index contributed by atoms with van der Waals surface area (Å²) in [5.41, 5.74) is 1.72. The van der Waals surface area contributed by atoms with Gasteiger partial charge in [0.1, 0.15) is 18.1 Å². The Bertz CT molecular complexity index is 1290. The first-order valence-corrected chi connectivity index (χ1v) is 12.4. The van der Waals surface area contributed by atoms with Crippen LogP contribution >= 0.6 is 0 Å². The van der Waals surface area contributed by atoms with Gasteiger partial charge in [-0.1, -0.05) is 42.5 Å². The fraction of sp³-hybridized carbons (Fsp3) is 0.310. The van der Waals surface area contributed by atoms with Crippen molar-refractivity contribution in [1.29, 1.82) is 0 Å². The number of benzene rings is 2. The Morgan fingerprint density at radius 1 is 1.03 bits per heavy atom. The van der Waals surface area contributed by atoms with Crippen molar-refractivity contribution in [2.45, 2.75) is 19.6 Å². The number of aliphatic hydroxyl groups is 1. The number of carbonyl (C=O) groups is 2. The molecule has 2 aromatic carbocycles. The number of nitrogens with zero attached hydrogens (tertiary/aromatic N) is 2. The van der Waals surface area contributed by atoms with Crippen molar-refractivity contribution in [1.82, 2.24) is 9.80 Å². The zero-order chi connectivity index (χ0) is 25.8. The van der Waals surface area contributed by atoms with Gasteiger partial charge in [-0.3, -0.25) is 14.5 Å². The van der Waals surface area contributed by atoms with Gasteiger partial charge in [0, 0.05) is 26.2 Å². The van der Waals surface area contributed by atoms with Crippen molar-refractivity contribution in [2.24, 2.45) is 0 Å². The SMILES string of the molecule is Cc1ccc(C(=O)C2=C(O)C(=O)N(CCN3CCOCC3)[C@@H]2c2cccc(OCc3ccccc3)c2)o1. The Balaban J connectivity index is 1.44. The highest BCUT2D eigenvalue weighted by Gasteiger charge is 2.44. The lowest BCUT2D eigenvalue weighted by molar-refractivity contribution is -0.129. The number of morpholine rings is 1. The average molecular weight is 503 g/mol. The van der Waals surface area contributed by atoms with Gasteiger partial charge in [-0.25, -0.2) is 0 Å². The summed E-state index contributed by atoms with van der Waals surface area (Å²) in [4.78, 5) is 30.5. The van der Waals surface area contributed by atoms with Crippen LogP contribution in [-0.4, -0.2) is 66.0 Å². The second-order valence-electron chi connectivity index (χ2n) is 9.20. The molecule has 1 N–H and O–H groups in total. The molecule has 2 aliphatic heterocycles. The third-order valence-corrected chi connectivity index (χ3v) is 6.70. The van der Waals surface area contributed by atoms with E-state index in [-0.39, 0.29) is 11.3 Å². The monoisotopic (exact) mass is 502 g/mol. The van der Waals surface area contributed by atoms with Gasteiger partial charge in [0.05, 0.1) is 24.8 Å². The van der Waals surface area contributed by atoms with Gasteiger partial charge in [-0.2, -0.15) is 0 Å². The Morgan fingerprint density at radius 2 is 1.81 bits per heavy atom. The topological polar surface area (TPSA) is 92.5 Å². The molecule has 5 rings (SSSR count). The van der Waals surface area contributed by atoms with E-state index in [2.05, 4.69) is 4.90 Å². The van der Waals surface area contributed by atoms with E-state index in [1.165, 1.54) is 0 Å². The molecule has 3 heterocycles. The molecule has 8 heteroatoms. The molecule has 8 nitrogen and oxygen atoms in total. The molecule has 2 aliphatic rings. The van der Waals surface area contributed by atoms with Gasteiger partial charge in [-0.05, 0) is 42.3 Å². The van der Waals surface area contributed by atoms with Gasteiger partial charge in [0.25, 0.3) is 5.91 Å². The zero-order valence-corrected chi connectivity index (χ0v) is 20.8. The first-order valence-electron chi connectivity index (χ1n) is 12.4. The van der Waals surface area contributed by atoms with Crippen LogP contribution in [0.1, 0.15) is 33.5 Å². The van der Waals surface area contributed by atoms with Crippen LogP contribution in [0.2, 0.25) is 0 Å². The minimum atomic E-state index is -0.772. The molecule has 1 fully saturated rings. The molecule has 0 saturated carbocycles. The summed E-state index contributed by atoms with van der Waals surface area (Å²) in [6.45, 7) is 5.89. The van der Waals surface area contributed by atoms with E-state index >= 15 is 0 Å². The van der Waals surface area contributed by atoms with Crippen LogP contribution in [-0.2, 0) is 16.1 Å². The number of carbonyl (C=O) groups excluding carboxylic acids is 2. The van der Waals surface area contributed by atoms with Crippen LogP contribution < -0.4 is 4.74 Å². The molecule has 1 aromatic heterocycles. The van der Waals surface area contributed by atoms with Crippen molar-refractivity contribution in [3.05, 3.63) is 101 Å². The number of Topliss-reactive ketones (excluding diaryl/α,β-unsaturated/α-hetero) is 1. The molecule has 0 radical (unpaired) electrons. The predicted octanol–water partition coefficient (Wildman–Crippen LogP) is 4.08. The fourth-order valence-electron chi connectivity index (χ4n) is 4.74. The van der Waals surface area contributed by atoms with Gasteiger partial charge >= 0.3 is 0 Å². The summed E-state index contributed by atoms with van der Waals surface area (Å²) < 4.78 is 17.0. The van der Waals surface area contributed by atoms with E-state index in [1.807, 2.05) is 54.6 Å². The second kappa shape index (κ2) is 11.0. The number of amides is 1. The number of hydrogen-bond acceptors (Lipinski definition) is 7. The minimum absolute atomic E-state index is 0.0153. The molecule has 0 spiro atoms. The van der Waals surface area contributed by atoms with E-state index in [0.29, 0.717) is 50.0 Å². The van der Waals surface area contributed by atoms with E-state index in [4.69, 9.17) is 13.9 Å². The molecule has 0 aliphatic carbocycles. The van der Waals surface area contributed by atoms with Crippen LogP contribution in [0, 0.1) is 6.92 Å². The van der Waals surface area contributed by atoms with Crippen molar-refractivity contribution in [2.75, 3.05) is 39.4 Å². The number of ketones is 1. The van der Waals surface area contributed by atoms with Crippen molar-refractivity contribution in [3.8, 4) is 5.75 Å². The van der Waals surface area contributed by atoms with Gasteiger partial charge in [-0.15, -0.1) is 0 Å². The lowest BCUT2D eigenvalue weighted by Gasteiger charge is -2.31. The van der Waals surface area contributed by atoms with Crippen molar-refractivity contribution in [3.63, 3.8) is 0 Å². The molecule has 1 amide bonds. The second-order valence-corrected chi connectivity index (χ2v) is 9.20. The van der Waals surface area contributed by atoms with Crippen LogP contribution in [0.4, 0.5) is 0 Å². The molecule has 1 saturated heterocycles. The lowest BCUT2D eigenvalue weighted by Crippen LogP contribution is -2.43. The summed E-state index contributed by atoms with van der Waals surface area (Å²) in [7, 11) is 0. The lowest BCUT2D eigenvalue weighted by atomic mass is 9.95. The standard InChI is InChI=1S/C29H30N2O6/c1-20-10-11-24(37-20)27(32)25-26(31(29(34)28(25)33)13-12-30-14-16-35-17-15-30)22-8-5-9-23(18-22)36-19-21-6-3-2-4-7-21/h2-11,18,26,33H,12-17,19H2,1H3/t26-/m1/s1. The van der Waals surface area contributed by atoms with Crippen LogP contribution in [0.15, 0.2) is 82.5 Å². The Morgan fingerprint density at radius 3 is 2.54 bits per heavy atom. The largest absolute Gasteiger partial charge is 0.503 e. The Hall–Kier alpha value is -3.88. The Kier molecular flexibility index (Phi) is 7.39. The molecular weight excluding hydrogens is 472 g/mol. The number of rotatable bonds is 9. The number of furan rings is 1. The van der Waals surface area contributed by atoms with Gasteiger partial charge in [0.2, 0.25) is 5.78 Å². The molecular formula is C29H30N2O6. The van der Waals surface area contributed by atoms with Crippen molar-refractivity contribution >= 4 is 11.7 Å². The highest BCUT2D eigenvalue weighted by Crippen LogP contribution is 2.40. The fourth-order valence-corrected chi connectivity index (χ4v) is 4.74. The first-order chi connectivity index (χ1) is 18.0. The summed E-state index contributed by atoms with van der Waals surface area (Å²) in [6.07, 6.45) is 0. The van der Waals surface area contributed by atoms with E-state index in [9.17, 15) is 14.7 Å². The molecule has 3 aromatic rings. The highest BCUT2D eigenvalue weighted by molar-refractivity contribution is 6.15. The zero-order valence-electron chi connectivity index (χ0n) is 20.8. The van der Waals surface area contributed by atoms with Crippen LogP contribution in [0.25, 0.3) is 0 Å². The maximum absolute atomic E-state index is 13.5. The van der Waals surface area contributed by atoms with Gasteiger partial charge in [0.15, 0.2) is 11.5 Å². The number of hydrogen-bond donors (Lipinski definition) is 1. The molecule has 0 unspecified atom stereocenters. The normalized spacial score (nSPS) is 18.5. The van der Waals surface area contributed by atoms with E-state index in [1.54, 1.807) is 24.0 Å². The molecule has 0 bridgehead atoms. The molecule has 1 atom stereocenters. The summed E-state index contributed by atoms with van der Waals surface area (Å²) in [5, 5.41) is 10.9. The predicted molar refractivity (Wildman–Crippen MR) is 136 cm³/mol. The molecule has 37 heavy (non-hydrogen) atoms. The number of ether oxygens (including phenoxy) is 2. The minimum Gasteiger partial charge on any atom is -0.503 e. The van der Waals surface area contributed by atoms with E-state index in [0.717, 1.165) is 18.7 Å². The molecule has 192 valence electrons. The van der Waals surface area contributed by atoms with Crippen LogP contribution in [0.3, 0.4) is 0 Å². The summed E-state index contributed by atoms with van der Waals surface area (Å²) >= 11 is 0. The summed E-state index contributed by atoms with van der Waals surface area (Å²) in [5.74, 6) is -0.349. The maximum Gasteiger partial charge on any atom is 0.290 e. The summed E-state index contributed by atoms with van der Waals surface area (Å²) in [6, 6.07) is 19.6. The van der Waals surface area contributed by atoms with E-state index < -0.39 is 23.5 Å². The number of aryl methyl sites for hydroxylation is 1. The third-order valence-electron chi connectivity index (χ3n) is 6.70. The number of aliphatic hydroxyl groups excluding tert-OH is 1. The maximum atomic E-state index is 13.5. The highest BCUT2D eigenvalue weighted by atomic mass is 16.5. The smallest absolute Gasteiger partial charge is 0.290 e. The van der Waals surface area contributed by atoms with Crippen LogP contribution in [0.5, 0.6) is 5.75 Å².